The molecule has 0 heterocycles. The molecule has 0 aromatic heterocycles. The predicted octanol–water partition coefficient (Wildman–Crippen LogP) is 0.436. The Morgan fingerprint density at radius 1 is 0.750 bits per heavy atom. The van der Waals surface area contributed by atoms with Gasteiger partial charge in [-0.05, 0) is 0 Å². The minimum Gasteiger partial charge on any atom is -0.269 e. The lowest BCUT2D eigenvalue weighted by atomic mass is 19.0. The maximum Gasteiger partial charge on any atom is -0.153 e. The van der Waals surface area contributed by atoms with Crippen molar-refractivity contribution in [2.75, 3.05) is 0 Å². The summed E-state index contributed by atoms with van der Waals surface area (Å²) in [5, 5.41) is 0. The van der Waals surface area contributed by atoms with Crippen molar-refractivity contribution in [3.8, 4) is 0 Å². The van der Waals surface area contributed by atoms with Crippen LogP contribution in [0.4, 0.5) is 4.70 Å². The fourth-order valence-corrected chi connectivity index (χ4v) is 0. The summed E-state index contributed by atoms with van der Waals surface area (Å²) < 4.78 is 0. The van der Waals surface area contributed by atoms with Crippen LogP contribution in [0.1, 0.15) is 0 Å². The first-order valence-corrected chi connectivity index (χ1v) is 0. The lowest BCUT2D eigenvalue weighted by Gasteiger charge is -0.269. The molecule has 0 rings (SSSR count). The molecule has 32 valence electrons. The van der Waals surface area contributed by atoms with Gasteiger partial charge in [0.05, 0.1) is 0 Å². The van der Waals surface area contributed by atoms with Crippen molar-refractivity contribution in [1.29, 1.82) is 0 Å². The summed E-state index contributed by atoms with van der Waals surface area (Å²) in [6, 6.07) is 0. The standard InChI is InChI=1S/FH.H3P.2H2S/h1H;1H3;2*1H2. The quantitative estimate of drug-likeness (QED) is 0.409. The Bertz CT molecular complexity index is 6.00. The van der Waals surface area contributed by atoms with Crippen molar-refractivity contribution in [1.82, 2.24) is 0 Å². The van der Waals surface area contributed by atoms with E-state index in [0.29, 0.717) is 0 Å². The summed E-state index contributed by atoms with van der Waals surface area (Å²) in [6.07, 6.45) is 0. The van der Waals surface area contributed by atoms with Gasteiger partial charge >= 0.3 is 0 Å². The van der Waals surface area contributed by atoms with E-state index in [1.807, 2.05) is 0 Å². The van der Waals surface area contributed by atoms with E-state index in [9.17, 15) is 0 Å². The fourth-order valence-electron chi connectivity index (χ4n) is 0. The lowest BCUT2D eigenvalue weighted by molar-refractivity contribution is 1.11. The average Bonchev–Trinajstić information content (AvgIpc) is 0. The zero-order chi connectivity index (χ0) is 0. The van der Waals surface area contributed by atoms with Gasteiger partial charge in [-0.15, -0.1) is 0 Å². The Balaban J connectivity index is 0. The van der Waals surface area contributed by atoms with Gasteiger partial charge in [0, 0.05) is 0 Å². The second-order valence-corrected chi connectivity index (χ2v) is 0. The molecule has 0 aliphatic carbocycles. The Morgan fingerprint density at radius 3 is 0.750 bits per heavy atom. The highest BCUT2D eigenvalue weighted by Crippen LogP contribution is 0.861. The topological polar surface area (TPSA) is 0 Å². The zero-order valence-corrected chi connectivity index (χ0v) is 5.53. The molecule has 0 aliphatic heterocycles. The van der Waals surface area contributed by atoms with Crippen molar-refractivity contribution < 1.29 is 4.70 Å². The van der Waals surface area contributed by atoms with Crippen molar-refractivity contribution in [3.63, 3.8) is 0 Å². The predicted molar refractivity (Wildman–Crippen MR) is 34.4 cm³/mol. The molecule has 0 saturated heterocycles. The summed E-state index contributed by atoms with van der Waals surface area (Å²) in [4.78, 5) is 0. The molecule has 1 atom stereocenters. The maximum absolute atomic E-state index is 0. The van der Waals surface area contributed by atoms with Crippen LogP contribution in [0.5, 0.6) is 0 Å². The minimum atomic E-state index is 0. The molecular weight excluding hydrogens is 114 g/mol. The molecule has 0 radical (unpaired) electrons. The molecule has 0 fully saturated rings. The van der Waals surface area contributed by atoms with Gasteiger partial charge in [0.2, 0.25) is 0 Å². The summed E-state index contributed by atoms with van der Waals surface area (Å²) in [6.45, 7) is 0. The van der Waals surface area contributed by atoms with Gasteiger partial charge in [-0.1, -0.05) is 0 Å². The first-order valence-electron chi connectivity index (χ1n) is 0. The van der Waals surface area contributed by atoms with Crippen LogP contribution < -0.4 is 0 Å². The van der Waals surface area contributed by atoms with Crippen molar-refractivity contribution in [2.24, 2.45) is 0 Å². The van der Waals surface area contributed by atoms with Crippen LogP contribution in [0.15, 0.2) is 0 Å². The van der Waals surface area contributed by atoms with Gasteiger partial charge < -0.3 is 0 Å². The molecule has 0 aliphatic rings. The van der Waals surface area contributed by atoms with E-state index in [4.69, 9.17) is 0 Å². The van der Waals surface area contributed by atoms with Gasteiger partial charge in [-0.25, -0.2) is 0 Å². The van der Waals surface area contributed by atoms with E-state index in [0.717, 1.165) is 0 Å². The van der Waals surface area contributed by atoms with Crippen molar-refractivity contribution in [3.05, 3.63) is 0 Å². The minimum absolute atomic E-state index is 0. The second-order valence-electron chi connectivity index (χ2n) is 0. The molecule has 0 bridgehead atoms. The van der Waals surface area contributed by atoms with Gasteiger partial charge in [0.15, 0.2) is 0 Å². The Hall–Kier alpha value is 1.06. The molecule has 0 aromatic carbocycles. The molecule has 0 nitrogen and oxygen atoms in total. The number of hydrogen-bond acceptors (Lipinski definition) is 0. The molecule has 0 saturated carbocycles. The summed E-state index contributed by atoms with van der Waals surface area (Å²) in [5.41, 5.74) is 0. The zero-order valence-electron chi connectivity index (χ0n) is 2.12. The first-order chi connectivity index (χ1) is 0. The Kier molecular flexibility index (Phi) is 628. The number of rotatable bonds is 0. The third kappa shape index (κ3) is 11.6. The lowest BCUT2D eigenvalue weighted by Crippen LogP contribution is 0.420. The van der Waals surface area contributed by atoms with E-state index in [1.54, 1.807) is 0 Å². The third-order valence-corrected chi connectivity index (χ3v) is 0. The largest absolute Gasteiger partial charge is 0.269 e. The summed E-state index contributed by atoms with van der Waals surface area (Å²) >= 11 is 0. The fraction of sp³-hybridized carbons (Fsp3) is 0. The van der Waals surface area contributed by atoms with E-state index < -0.39 is 0 Å². The first kappa shape index (κ1) is 74.2. The molecule has 0 amide bonds. The van der Waals surface area contributed by atoms with Crippen LogP contribution >= 0.6 is 36.9 Å². The van der Waals surface area contributed by atoms with Crippen LogP contribution in [0.3, 0.4) is 0 Å². The Morgan fingerprint density at radius 2 is 0.750 bits per heavy atom. The van der Waals surface area contributed by atoms with E-state index in [1.165, 1.54) is 0 Å². The molecule has 4 heavy (non-hydrogen) atoms. The van der Waals surface area contributed by atoms with Gasteiger partial charge in [-0.3, -0.25) is 4.70 Å². The van der Waals surface area contributed by atoms with Gasteiger partial charge in [0.1, 0.15) is 0 Å². The van der Waals surface area contributed by atoms with Crippen LogP contribution in [-0.4, -0.2) is 0 Å². The second kappa shape index (κ2) is 33.8. The maximum atomic E-state index is 0. The van der Waals surface area contributed by atoms with Crippen LogP contribution in [0, 0.1) is 0 Å². The highest BCUT2D eigenvalue weighted by Gasteiger charge is -0.153. The van der Waals surface area contributed by atoms with E-state index in [-0.39, 0.29) is 41.6 Å². The smallest absolute Gasteiger partial charge is 0.153 e. The van der Waals surface area contributed by atoms with Crippen molar-refractivity contribution >= 4 is 36.9 Å². The monoisotopic (exact) mass is 122 g/mol. The van der Waals surface area contributed by atoms with Crippen LogP contribution in [-0.2, 0) is 0 Å². The van der Waals surface area contributed by atoms with E-state index >= 15 is 0 Å². The van der Waals surface area contributed by atoms with E-state index in [2.05, 4.69) is 0 Å². The molecule has 0 spiro atoms. The highest BCUT2D eigenvalue weighted by atomic mass is 32.1. The molecule has 0 aromatic rings. The SMILES string of the molecule is F.P.S.S. The third-order valence-electron chi connectivity index (χ3n) is 0. The number of hydrogen-bond donors (Lipinski definition) is 0. The molecule has 4 heteroatoms. The van der Waals surface area contributed by atoms with Crippen LogP contribution in [0.25, 0.3) is 0 Å². The molecule has 0 N–H and O–H groups in total. The normalized spacial score (nSPS) is 0. The van der Waals surface area contributed by atoms with Gasteiger partial charge in [-0.2, -0.15) is 36.9 Å². The Labute approximate surface area is 42.2 Å². The molecular formula is H8FPS2. The highest BCUT2D eigenvalue weighted by molar-refractivity contribution is 7.59. The van der Waals surface area contributed by atoms with Crippen molar-refractivity contribution in [2.45, 2.75) is 0 Å². The summed E-state index contributed by atoms with van der Waals surface area (Å²) in [7, 11) is 0. The number of halogens is 1. The van der Waals surface area contributed by atoms with Crippen LogP contribution in [0.2, 0.25) is 0 Å². The average molecular weight is 122 g/mol. The molecule has 1 unspecified atom stereocenters. The van der Waals surface area contributed by atoms with Gasteiger partial charge in [0.25, 0.3) is 0 Å². The summed E-state index contributed by atoms with van der Waals surface area (Å²) in [5.74, 6) is 0.